The molecule has 0 aromatic carbocycles. The Kier molecular flexibility index (Phi) is 3.80. The van der Waals surface area contributed by atoms with E-state index in [4.69, 9.17) is 4.74 Å². The highest BCUT2D eigenvalue weighted by molar-refractivity contribution is 9.09. The summed E-state index contributed by atoms with van der Waals surface area (Å²) in [5, 5.41) is 2.18. The van der Waals surface area contributed by atoms with Gasteiger partial charge in [0.15, 0.2) is 0 Å². The van der Waals surface area contributed by atoms with E-state index in [2.05, 4.69) is 27.8 Å². The third-order valence-corrected chi connectivity index (χ3v) is 5.01. The average Bonchev–Trinajstić information content (AvgIpc) is 2.65. The molecule has 1 aromatic heterocycles. The first kappa shape index (κ1) is 11.6. The van der Waals surface area contributed by atoms with Gasteiger partial charge < -0.3 is 4.74 Å². The molecule has 0 amide bonds. The molecular weight excluding hydrogens is 274 g/mol. The predicted octanol–water partition coefficient (Wildman–Crippen LogP) is 3.19. The molecule has 1 aliphatic rings. The van der Waals surface area contributed by atoms with E-state index in [0.29, 0.717) is 5.41 Å². The van der Waals surface area contributed by atoms with Gasteiger partial charge in [-0.15, -0.1) is 11.3 Å². The van der Waals surface area contributed by atoms with Crippen LogP contribution in [0.5, 0.6) is 0 Å². The molecule has 1 aromatic rings. The van der Waals surface area contributed by atoms with Crippen LogP contribution in [0, 0.1) is 12.3 Å². The van der Waals surface area contributed by atoms with E-state index in [1.54, 1.807) is 0 Å². The molecule has 1 saturated heterocycles. The third-order valence-electron chi connectivity index (χ3n) is 2.91. The van der Waals surface area contributed by atoms with Crippen molar-refractivity contribution in [2.75, 3.05) is 18.5 Å². The van der Waals surface area contributed by atoms with Crippen LogP contribution in [0.15, 0.2) is 6.20 Å². The SMILES string of the molecule is Cc1ncc(CC2(CBr)CCCOC2)s1. The minimum Gasteiger partial charge on any atom is -0.381 e. The summed E-state index contributed by atoms with van der Waals surface area (Å²) in [6.45, 7) is 3.87. The monoisotopic (exact) mass is 289 g/mol. The second-order valence-electron chi connectivity index (χ2n) is 4.31. The molecular formula is C11H16BrNOS. The summed E-state index contributed by atoms with van der Waals surface area (Å²) >= 11 is 5.44. The second-order valence-corrected chi connectivity index (χ2v) is 6.19. The number of halogens is 1. The highest BCUT2D eigenvalue weighted by Gasteiger charge is 2.32. The molecule has 1 unspecified atom stereocenters. The maximum absolute atomic E-state index is 5.61. The molecule has 1 aliphatic heterocycles. The molecule has 2 nitrogen and oxygen atoms in total. The quantitative estimate of drug-likeness (QED) is 0.798. The van der Waals surface area contributed by atoms with Gasteiger partial charge in [-0.2, -0.15) is 0 Å². The molecule has 1 atom stereocenters. The molecule has 0 radical (unpaired) electrons. The Labute approximate surface area is 103 Å². The van der Waals surface area contributed by atoms with E-state index >= 15 is 0 Å². The molecule has 84 valence electrons. The molecule has 0 bridgehead atoms. The zero-order valence-corrected chi connectivity index (χ0v) is 11.4. The fourth-order valence-corrected chi connectivity index (χ4v) is 3.67. The summed E-state index contributed by atoms with van der Waals surface area (Å²) in [5.41, 5.74) is 0.303. The number of thiazole rings is 1. The lowest BCUT2D eigenvalue weighted by Crippen LogP contribution is -2.35. The van der Waals surface area contributed by atoms with Gasteiger partial charge in [-0.1, -0.05) is 15.9 Å². The van der Waals surface area contributed by atoms with Crippen LogP contribution < -0.4 is 0 Å². The molecule has 15 heavy (non-hydrogen) atoms. The third kappa shape index (κ3) is 2.80. The highest BCUT2D eigenvalue weighted by Crippen LogP contribution is 2.35. The van der Waals surface area contributed by atoms with Crippen molar-refractivity contribution in [3.05, 3.63) is 16.1 Å². The number of rotatable bonds is 3. The number of alkyl halides is 1. The van der Waals surface area contributed by atoms with Crippen molar-refractivity contribution in [3.63, 3.8) is 0 Å². The largest absolute Gasteiger partial charge is 0.381 e. The van der Waals surface area contributed by atoms with E-state index in [1.807, 2.05) is 17.5 Å². The number of nitrogens with zero attached hydrogens (tertiary/aromatic N) is 1. The molecule has 4 heteroatoms. The highest BCUT2D eigenvalue weighted by atomic mass is 79.9. The predicted molar refractivity (Wildman–Crippen MR) is 66.8 cm³/mol. The number of hydrogen-bond donors (Lipinski definition) is 0. The number of aromatic nitrogens is 1. The lowest BCUT2D eigenvalue weighted by Gasteiger charge is -2.35. The van der Waals surface area contributed by atoms with Crippen LogP contribution in [-0.4, -0.2) is 23.5 Å². The maximum atomic E-state index is 5.61. The average molecular weight is 290 g/mol. The molecule has 0 aliphatic carbocycles. The maximum Gasteiger partial charge on any atom is 0.0896 e. The van der Waals surface area contributed by atoms with E-state index in [1.165, 1.54) is 17.7 Å². The van der Waals surface area contributed by atoms with Crippen LogP contribution in [0.25, 0.3) is 0 Å². The minimum atomic E-state index is 0.303. The van der Waals surface area contributed by atoms with Crippen LogP contribution in [0.2, 0.25) is 0 Å². The van der Waals surface area contributed by atoms with Gasteiger partial charge in [0.05, 0.1) is 11.6 Å². The van der Waals surface area contributed by atoms with E-state index in [0.717, 1.165) is 30.0 Å². The van der Waals surface area contributed by atoms with Gasteiger partial charge in [0, 0.05) is 28.4 Å². The molecule has 2 rings (SSSR count). The number of ether oxygens (including phenoxy) is 1. The van der Waals surface area contributed by atoms with Crippen LogP contribution >= 0.6 is 27.3 Å². The molecule has 0 spiro atoms. The summed E-state index contributed by atoms with van der Waals surface area (Å²) in [6, 6.07) is 0. The van der Waals surface area contributed by atoms with Crippen LogP contribution in [-0.2, 0) is 11.2 Å². The topological polar surface area (TPSA) is 22.1 Å². The van der Waals surface area contributed by atoms with Gasteiger partial charge in [0.25, 0.3) is 0 Å². The standard InChI is InChI=1S/C11H16BrNOS/c1-9-13-6-10(15-9)5-11(7-12)3-2-4-14-8-11/h6H,2-5,7-8H2,1H3. The number of hydrogen-bond acceptors (Lipinski definition) is 3. The Hall–Kier alpha value is 0.0700. The van der Waals surface area contributed by atoms with Crippen LogP contribution in [0.1, 0.15) is 22.7 Å². The Balaban J connectivity index is 2.06. The summed E-state index contributed by atoms with van der Waals surface area (Å²) in [5.74, 6) is 0. The summed E-state index contributed by atoms with van der Waals surface area (Å²) in [4.78, 5) is 5.70. The first-order chi connectivity index (χ1) is 7.24. The van der Waals surface area contributed by atoms with Crippen molar-refractivity contribution in [2.24, 2.45) is 5.41 Å². The van der Waals surface area contributed by atoms with Crippen molar-refractivity contribution in [1.82, 2.24) is 4.98 Å². The van der Waals surface area contributed by atoms with E-state index in [-0.39, 0.29) is 0 Å². The summed E-state index contributed by atoms with van der Waals surface area (Å²) < 4.78 is 5.61. The first-order valence-electron chi connectivity index (χ1n) is 5.29. The molecule has 1 fully saturated rings. The van der Waals surface area contributed by atoms with Gasteiger partial charge in [-0.25, -0.2) is 4.98 Å². The first-order valence-corrected chi connectivity index (χ1v) is 7.23. The molecule has 2 heterocycles. The van der Waals surface area contributed by atoms with Crippen molar-refractivity contribution < 1.29 is 4.74 Å². The fraction of sp³-hybridized carbons (Fsp3) is 0.727. The Morgan fingerprint density at radius 1 is 1.67 bits per heavy atom. The minimum absolute atomic E-state index is 0.303. The summed E-state index contributed by atoms with van der Waals surface area (Å²) in [7, 11) is 0. The fourth-order valence-electron chi connectivity index (χ4n) is 2.06. The van der Waals surface area contributed by atoms with Gasteiger partial charge >= 0.3 is 0 Å². The second kappa shape index (κ2) is 4.93. The zero-order chi connectivity index (χ0) is 10.7. The molecule has 0 N–H and O–H groups in total. The number of aryl methyl sites for hydroxylation is 1. The van der Waals surface area contributed by atoms with Gasteiger partial charge in [0.2, 0.25) is 0 Å². The van der Waals surface area contributed by atoms with Crippen molar-refractivity contribution in [2.45, 2.75) is 26.2 Å². The van der Waals surface area contributed by atoms with Crippen molar-refractivity contribution in [1.29, 1.82) is 0 Å². The van der Waals surface area contributed by atoms with Crippen LogP contribution in [0.3, 0.4) is 0 Å². The van der Waals surface area contributed by atoms with Gasteiger partial charge in [-0.05, 0) is 26.2 Å². The Bertz CT molecular complexity index is 320. The normalized spacial score (nSPS) is 26.8. The Morgan fingerprint density at radius 2 is 2.53 bits per heavy atom. The van der Waals surface area contributed by atoms with Gasteiger partial charge in [0.1, 0.15) is 0 Å². The van der Waals surface area contributed by atoms with E-state index < -0.39 is 0 Å². The van der Waals surface area contributed by atoms with Crippen LogP contribution in [0.4, 0.5) is 0 Å². The smallest absolute Gasteiger partial charge is 0.0896 e. The molecule has 0 saturated carbocycles. The zero-order valence-electron chi connectivity index (χ0n) is 8.96. The lowest BCUT2D eigenvalue weighted by molar-refractivity contribution is 0.00652. The van der Waals surface area contributed by atoms with Crippen molar-refractivity contribution in [3.8, 4) is 0 Å². The summed E-state index contributed by atoms with van der Waals surface area (Å²) in [6.07, 6.45) is 5.56. The lowest BCUT2D eigenvalue weighted by atomic mass is 9.81. The van der Waals surface area contributed by atoms with Crippen molar-refractivity contribution >= 4 is 27.3 Å². The van der Waals surface area contributed by atoms with Gasteiger partial charge in [-0.3, -0.25) is 0 Å². The Morgan fingerprint density at radius 3 is 3.07 bits per heavy atom. The van der Waals surface area contributed by atoms with E-state index in [9.17, 15) is 0 Å².